The summed E-state index contributed by atoms with van der Waals surface area (Å²) in [6, 6.07) is 27.5. The van der Waals surface area contributed by atoms with E-state index in [4.69, 9.17) is 0 Å². The standard InChI is InChI=1S/C27H36.C27H42.3CH4/c1-20-3-11-24(12-4-20)26-15-7-22(8-16-26)19-23-9-17-27(18-10-23)25-13-5-21(2)6-14-25;1-20-3-7-22(8-4-20)19-23-9-13-25(14-10-23)27-17-15-26(16-18-27)24-11-5-21(2)6-12-24;;;/h3-4,7-8,11-12,15-16,21,23,25,27H,5-6,9-10,13-14,17-19H2,1-2H3;3-4,7-8,21,23-27H,5-6,9-19H2,1-2H3;3*1H4. The molecule has 0 unspecified atom stereocenters. The molecule has 5 fully saturated rings. The molecule has 3 aromatic carbocycles. The van der Waals surface area contributed by atoms with E-state index < -0.39 is 0 Å². The van der Waals surface area contributed by atoms with Crippen LogP contribution in [0.2, 0.25) is 0 Å². The third-order valence-electron chi connectivity index (χ3n) is 16.2. The Bertz CT molecular complexity index is 1470. The molecule has 8 rings (SSSR count). The Hall–Kier alpha value is -2.34. The van der Waals surface area contributed by atoms with Gasteiger partial charge in [-0.05, 0) is 211 Å². The molecule has 0 aromatic heterocycles. The molecule has 5 aliphatic rings. The third-order valence-corrected chi connectivity index (χ3v) is 16.2. The summed E-state index contributed by atoms with van der Waals surface area (Å²) in [4.78, 5) is 0. The van der Waals surface area contributed by atoms with Crippen LogP contribution in [0.25, 0.3) is 11.1 Å². The molecule has 0 spiro atoms. The molecular weight excluding hydrogens is 685 g/mol. The van der Waals surface area contributed by atoms with Crippen molar-refractivity contribution in [3.63, 3.8) is 0 Å². The highest BCUT2D eigenvalue weighted by molar-refractivity contribution is 5.63. The molecule has 57 heavy (non-hydrogen) atoms. The van der Waals surface area contributed by atoms with E-state index in [1.54, 1.807) is 44.1 Å². The van der Waals surface area contributed by atoms with Gasteiger partial charge in [-0.2, -0.15) is 0 Å². The van der Waals surface area contributed by atoms with Crippen molar-refractivity contribution in [2.75, 3.05) is 0 Å². The summed E-state index contributed by atoms with van der Waals surface area (Å²) in [5, 5.41) is 0. The molecular formula is C57H90. The zero-order chi connectivity index (χ0) is 37.3. The van der Waals surface area contributed by atoms with Crippen molar-refractivity contribution in [2.45, 2.75) is 191 Å². The van der Waals surface area contributed by atoms with Crippen LogP contribution in [0.1, 0.15) is 187 Å². The van der Waals surface area contributed by atoms with Crippen molar-refractivity contribution in [1.29, 1.82) is 0 Å². The fraction of sp³-hybridized carbons (Fsp3) is 0.684. The first-order chi connectivity index (χ1) is 26.3. The first-order valence-corrected chi connectivity index (χ1v) is 23.6. The number of hydrogen-bond acceptors (Lipinski definition) is 0. The Labute approximate surface area is 355 Å². The van der Waals surface area contributed by atoms with Crippen molar-refractivity contribution in [3.05, 3.63) is 95.1 Å². The minimum absolute atomic E-state index is 0. The highest BCUT2D eigenvalue weighted by Crippen LogP contribution is 2.46. The molecule has 3 aromatic rings. The van der Waals surface area contributed by atoms with Gasteiger partial charge in [0.2, 0.25) is 0 Å². The van der Waals surface area contributed by atoms with E-state index in [1.165, 1.54) is 131 Å². The van der Waals surface area contributed by atoms with Crippen LogP contribution in [0.5, 0.6) is 0 Å². The first-order valence-electron chi connectivity index (χ1n) is 23.6. The minimum atomic E-state index is 0. The van der Waals surface area contributed by atoms with E-state index >= 15 is 0 Å². The van der Waals surface area contributed by atoms with Gasteiger partial charge in [-0.15, -0.1) is 0 Å². The molecule has 0 amide bonds. The number of hydrogen-bond donors (Lipinski definition) is 0. The van der Waals surface area contributed by atoms with Crippen LogP contribution < -0.4 is 0 Å². The van der Waals surface area contributed by atoms with Crippen LogP contribution in [-0.4, -0.2) is 0 Å². The zero-order valence-corrected chi connectivity index (χ0v) is 35.3. The number of benzene rings is 3. The van der Waals surface area contributed by atoms with E-state index in [2.05, 4.69) is 100 Å². The molecule has 0 atom stereocenters. The monoisotopic (exact) mass is 775 g/mol. The van der Waals surface area contributed by atoms with Gasteiger partial charge in [0.25, 0.3) is 0 Å². The Morgan fingerprint density at radius 1 is 0.316 bits per heavy atom. The molecule has 0 N–H and O–H groups in total. The van der Waals surface area contributed by atoms with Gasteiger partial charge in [-0.1, -0.05) is 146 Å². The van der Waals surface area contributed by atoms with Gasteiger partial charge in [0.05, 0.1) is 0 Å². The first kappa shape index (κ1) is 47.3. The molecule has 318 valence electrons. The van der Waals surface area contributed by atoms with Crippen molar-refractivity contribution in [3.8, 4) is 11.1 Å². The largest absolute Gasteiger partial charge is 0.0776 e. The zero-order valence-electron chi connectivity index (χ0n) is 35.3. The molecule has 5 saturated carbocycles. The lowest BCUT2D eigenvalue weighted by Crippen LogP contribution is -2.29. The Balaban J connectivity index is 0.000000240. The van der Waals surface area contributed by atoms with Crippen molar-refractivity contribution >= 4 is 0 Å². The molecule has 0 saturated heterocycles. The molecule has 0 heterocycles. The summed E-state index contributed by atoms with van der Waals surface area (Å²) >= 11 is 0. The lowest BCUT2D eigenvalue weighted by atomic mass is 9.65. The molecule has 5 aliphatic carbocycles. The SMILES string of the molecule is C.C.C.Cc1ccc(-c2ccc(CC3CCC(C4CCC(C)CC4)CC3)cc2)cc1.Cc1ccc(CC2CCC(C3CCC(C4CCC(C)CC4)CC3)CC2)cc1. The Kier molecular flexibility index (Phi) is 19.5. The fourth-order valence-electron chi connectivity index (χ4n) is 12.3. The highest BCUT2D eigenvalue weighted by atomic mass is 14.4. The summed E-state index contributed by atoms with van der Waals surface area (Å²) in [5.74, 6) is 10.3. The maximum Gasteiger partial charge on any atom is -0.0184 e. The van der Waals surface area contributed by atoms with Crippen molar-refractivity contribution < 1.29 is 0 Å². The van der Waals surface area contributed by atoms with Crippen LogP contribution in [0, 0.1) is 73.0 Å². The summed E-state index contributed by atoms with van der Waals surface area (Å²) in [6.45, 7) is 9.24. The van der Waals surface area contributed by atoms with Crippen LogP contribution in [-0.2, 0) is 12.8 Å². The number of rotatable bonds is 8. The van der Waals surface area contributed by atoms with Gasteiger partial charge in [0, 0.05) is 0 Å². The summed E-state index contributed by atoms with van der Waals surface area (Å²) < 4.78 is 0. The second-order valence-electron chi connectivity index (χ2n) is 20.2. The average molecular weight is 775 g/mol. The molecule has 0 bridgehead atoms. The van der Waals surface area contributed by atoms with Gasteiger partial charge in [0.15, 0.2) is 0 Å². The quantitative estimate of drug-likeness (QED) is 0.214. The van der Waals surface area contributed by atoms with Crippen LogP contribution in [0.15, 0.2) is 72.8 Å². The van der Waals surface area contributed by atoms with E-state index in [-0.39, 0.29) is 22.3 Å². The van der Waals surface area contributed by atoms with Crippen LogP contribution in [0.3, 0.4) is 0 Å². The van der Waals surface area contributed by atoms with Gasteiger partial charge in [0.1, 0.15) is 0 Å². The summed E-state index contributed by atoms with van der Waals surface area (Å²) in [5.41, 5.74) is 8.48. The number of aryl methyl sites for hydroxylation is 2. The van der Waals surface area contributed by atoms with E-state index in [0.29, 0.717) is 0 Å². The van der Waals surface area contributed by atoms with Crippen molar-refractivity contribution in [1.82, 2.24) is 0 Å². The van der Waals surface area contributed by atoms with Gasteiger partial charge in [-0.3, -0.25) is 0 Å². The third kappa shape index (κ3) is 13.9. The Morgan fingerprint density at radius 2 is 0.544 bits per heavy atom. The van der Waals surface area contributed by atoms with Gasteiger partial charge < -0.3 is 0 Å². The molecule has 0 radical (unpaired) electrons. The highest BCUT2D eigenvalue weighted by Gasteiger charge is 2.34. The van der Waals surface area contributed by atoms with Gasteiger partial charge in [-0.25, -0.2) is 0 Å². The second-order valence-corrected chi connectivity index (χ2v) is 20.2. The molecule has 0 heteroatoms. The lowest BCUT2D eigenvalue weighted by molar-refractivity contribution is 0.106. The smallest absolute Gasteiger partial charge is 0.0184 e. The Morgan fingerprint density at radius 3 is 0.860 bits per heavy atom. The summed E-state index contributed by atoms with van der Waals surface area (Å²) in [7, 11) is 0. The van der Waals surface area contributed by atoms with E-state index in [9.17, 15) is 0 Å². The summed E-state index contributed by atoms with van der Waals surface area (Å²) in [6.07, 6.45) is 32.8. The molecule has 0 aliphatic heterocycles. The topological polar surface area (TPSA) is 0 Å². The van der Waals surface area contributed by atoms with Crippen LogP contribution in [0.4, 0.5) is 0 Å². The molecule has 0 nitrogen and oxygen atoms in total. The van der Waals surface area contributed by atoms with E-state index in [1.807, 2.05) is 0 Å². The van der Waals surface area contributed by atoms with E-state index in [0.717, 1.165) is 59.2 Å². The maximum absolute atomic E-state index is 2.46. The predicted molar refractivity (Wildman–Crippen MR) is 254 cm³/mol. The normalized spacial score (nSPS) is 31.6. The fourth-order valence-corrected chi connectivity index (χ4v) is 12.3. The minimum Gasteiger partial charge on any atom is -0.0776 e. The maximum atomic E-state index is 2.46. The lowest BCUT2D eigenvalue weighted by Gasteiger charge is -2.41. The predicted octanol–water partition coefficient (Wildman–Crippen LogP) is 17.7. The second kappa shape index (κ2) is 23.4. The van der Waals surface area contributed by atoms with Gasteiger partial charge >= 0.3 is 0 Å². The average Bonchev–Trinajstić information content (AvgIpc) is 3.21. The van der Waals surface area contributed by atoms with Crippen LogP contribution >= 0.6 is 0 Å². The van der Waals surface area contributed by atoms with Crippen molar-refractivity contribution in [2.24, 2.45) is 59.2 Å².